The summed E-state index contributed by atoms with van der Waals surface area (Å²) < 4.78 is 5.30. The van der Waals surface area contributed by atoms with Crippen LogP contribution in [0.2, 0.25) is 5.02 Å². The van der Waals surface area contributed by atoms with Crippen LogP contribution in [0.15, 0.2) is 18.2 Å². The van der Waals surface area contributed by atoms with Gasteiger partial charge in [0.2, 0.25) is 0 Å². The van der Waals surface area contributed by atoms with Crippen LogP contribution in [-0.4, -0.2) is 37.9 Å². The minimum atomic E-state index is 0.224. The maximum absolute atomic E-state index is 10.9. The van der Waals surface area contributed by atoms with Gasteiger partial charge in [0, 0.05) is 24.5 Å². The quantitative estimate of drug-likeness (QED) is 0.762. The second-order valence-electron chi connectivity index (χ2n) is 4.46. The average Bonchev–Trinajstić information content (AvgIpc) is 2.34. The number of carbonyl (C=O) groups is 1. The molecule has 0 atom stereocenters. The first kappa shape index (κ1) is 15.0. The van der Waals surface area contributed by atoms with E-state index in [9.17, 15) is 4.79 Å². The van der Waals surface area contributed by atoms with Crippen LogP contribution in [0.5, 0.6) is 5.75 Å². The molecule has 0 N–H and O–H groups in total. The normalized spacial score (nSPS) is 10.7. The van der Waals surface area contributed by atoms with Crippen molar-refractivity contribution in [2.75, 3.05) is 27.2 Å². The van der Waals surface area contributed by atoms with Gasteiger partial charge in [0.15, 0.2) is 0 Å². The Morgan fingerprint density at radius 2 is 2.11 bits per heavy atom. The largest absolute Gasteiger partial charge is 0.496 e. The van der Waals surface area contributed by atoms with Gasteiger partial charge in [-0.3, -0.25) is 4.79 Å². The molecule has 18 heavy (non-hydrogen) atoms. The maximum Gasteiger partial charge on any atom is 0.131 e. The van der Waals surface area contributed by atoms with E-state index in [1.165, 1.54) is 0 Å². The number of ether oxygens (including phenoxy) is 1. The monoisotopic (exact) mass is 269 g/mol. The Hall–Kier alpha value is -1.06. The zero-order valence-corrected chi connectivity index (χ0v) is 12.0. The van der Waals surface area contributed by atoms with Gasteiger partial charge in [-0.25, -0.2) is 0 Å². The lowest BCUT2D eigenvalue weighted by Crippen LogP contribution is -2.23. The van der Waals surface area contributed by atoms with Crippen molar-refractivity contribution in [3.8, 4) is 5.75 Å². The van der Waals surface area contributed by atoms with Gasteiger partial charge in [-0.2, -0.15) is 0 Å². The molecule has 100 valence electrons. The fourth-order valence-electron chi connectivity index (χ4n) is 1.71. The van der Waals surface area contributed by atoms with Gasteiger partial charge >= 0.3 is 0 Å². The molecule has 0 saturated carbocycles. The van der Waals surface area contributed by atoms with E-state index in [1.807, 2.05) is 25.2 Å². The second kappa shape index (κ2) is 7.39. The third-order valence-corrected chi connectivity index (χ3v) is 3.09. The fourth-order valence-corrected chi connectivity index (χ4v) is 1.91. The molecule has 1 rings (SSSR count). The molecule has 0 amide bonds. The van der Waals surface area contributed by atoms with Crippen LogP contribution >= 0.6 is 11.6 Å². The summed E-state index contributed by atoms with van der Waals surface area (Å²) in [5, 5.41) is 0.720. The Labute approximate surface area is 114 Å². The van der Waals surface area contributed by atoms with Crippen LogP contribution in [0.1, 0.15) is 18.9 Å². The number of hydrogen-bond donors (Lipinski definition) is 0. The van der Waals surface area contributed by atoms with Crippen LogP contribution in [-0.2, 0) is 11.2 Å². The van der Waals surface area contributed by atoms with Gasteiger partial charge in [0.1, 0.15) is 11.5 Å². The molecule has 0 spiro atoms. The summed E-state index contributed by atoms with van der Waals surface area (Å²) in [6.45, 7) is 3.29. The highest BCUT2D eigenvalue weighted by atomic mass is 35.5. The average molecular weight is 270 g/mol. The van der Waals surface area contributed by atoms with Crippen LogP contribution in [0, 0.1) is 0 Å². The molecule has 0 aliphatic heterocycles. The summed E-state index contributed by atoms with van der Waals surface area (Å²) >= 11 is 5.98. The highest BCUT2D eigenvalue weighted by molar-refractivity contribution is 6.30. The Balaban J connectivity index is 2.52. The Morgan fingerprint density at radius 1 is 1.39 bits per heavy atom. The molecule has 0 saturated heterocycles. The fraction of sp³-hybridized carbons (Fsp3) is 0.500. The van der Waals surface area contributed by atoms with Crippen LogP contribution in [0.4, 0.5) is 0 Å². The van der Waals surface area contributed by atoms with E-state index in [2.05, 4.69) is 4.90 Å². The zero-order chi connectivity index (χ0) is 13.5. The van der Waals surface area contributed by atoms with Crippen molar-refractivity contribution in [3.63, 3.8) is 0 Å². The van der Waals surface area contributed by atoms with Gasteiger partial charge in [-0.1, -0.05) is 11.6 Å². The highest BCUT2D eigenvalue weighted by Crippen LogP contribution is 2.23. The Morgan fingerprint density at radius 3 is 2.72 bits per heavy atom. The van der Waals surface area contributed by atoms with Gasteiger partial charge in [-0.15, -0.1) is 0 Å². The number of nitrogens with zero attached hydrogens (tertiary/aromatic N) is 1. The number of rotatable bonds is 7. The van der Waals surface area contributed by atoms with Crippen molar-refractivity contribution in [2.24, 2.45) is 0 Å². The lowest BCUT2D eigenvalue weighted by atomic mass is 10.1. The minimum absolute atomic E-state index is 0.224. The summed E-state index contributed by atoms with van der Waals surface area (Å²) in [6.07, 6.45) is 1.46. The van der Waals surface area contributed by atoms with Crippen LogP contribution in [0.3, 0.4) is 0 Å². The number of likely N-dealkylation sites (N-methyl/N-ethyl adjacent to an activating group) is 1. The molecule has 0 fully saturated rings. The molecule has 0 aliphatic carbocycles. The van der Waals surface area contributed by atoms with Crippen LogP contribution < -0.4 is 4.74 Å². The first-order chi connectivity index (χ1) is 8.52. The molecule has 0 radical (unpaired) electrons. The Bertz CT molecular complexity index is 407. The highest BCUT2D eigenvalue weighted by Gasteiger charge is 2.06. The summed E-state index contributed by atoms with van der Waals surface area (Å²) in [4.78, 5) is 13.0. The van der Waals surface area contributed by atoms with Crippen molar-refractivity contribution in [1.29, 1.82) is 0 Å². The Kier molecular flexibility index (Phi) is 6.16. The lowest BCUT2D eigenvalue weighted by Gasteiger charge is -2.16. The molecule has 1 aromatic carbocycles. The second-order valence-corrected chi connectivity index (χ2v) is 4.90. The van der Waals surface area contributed by atoms with E-state index in [0.717, 1.165) is 35.8 Å². The standard InChI is InChI=1S/C14H20ClNO2/c1-11(17)6-8-16(2)9-7-12-10-13(15)4-5-14(12)18-3/h4-5,10H,6-9H2,1-3H3. The predicted octanol–water partition coefficient (Wildman–Crippen LogP) is 2.80. The number of ketones is 1. The SMILES string of the molecule is COc1ccc(Cl)cc1CCN(C)CCC(C)=O. The summed E-state index contributed by atoms with van der Waals surface area (Å²) in [5.41, 5.74) is 1.10. The lowest BCUT2D eigenvalue weighted by molar-refractivity contribution is -0.117. The molecular weight excluding hydrogens is 250 g/mol. The molecular formula is C14H20ClNO2. The van der Waals surface area contributed by atoms with E-state index < -0.39 is 0 Å². The van der Waals surface area contributed by atoms with Crippen molar-refractivity contribution in [2.45, 2.75) is 19.8 Å². The summed E-state index contributed by atoms with van der Waals surface area (Å²) in [6, 6.07) is 5.63. The molecule has 0 unspecified atom stereocenters. The molecule has 0 aliphatic rings. The van der Waals surface area contributed by atoms with Gasteiger partial charge in [0.05, 0.1) is 7.11 Å². The molecule has 0 aromatic heterocycles. The molecule has 1 aromatic rings. The third-order valence-electron chi connectivity index (χ3n) is 2.85. The molecule has 0 bridgehead atoms. The summed E-state index contributed by atoms with van der Waals surface area (Å²) in [5.74, 6) is 1.08. The minimum Gasteiger partial charge on any atom is -0.496 e. The van der Waals surface area contributed by atoms with Crippen molar-refractivity contribution in [3.05, 3.63) is 28.8 Å². The van der Waals surface area contributed by atoms with E-state index in [1.54, 1.807) is 14.0 Å². The summed E-state index contributed by atoms with van der Waals surface area (Å²) in [7, 11) is 3.67. The molecule has 0 heterocycles. The van der Waals surface area contributed by atoms with Gasteiger partial charge < -0.3 is 9.64 Å². The number of benzene rings is 1. The van der Waals surface area contributed by atoms with E-state index in [4.69, 9.17) is 16.3 Å². The number of methoxy groups -OCH3 is 1. The predicted molar refractivity (Wildman–Crippen MR) is 74.5 cm³/mol. The van der Waals surface area contributed by atoms with Crippen molar-refractivity contribution >= 4 is 17.4 Å². The van der Waals surface area contributed by atoms with Gasteiger partial charge in [-0.05, 0) is 44.2 Å². The topological polar surface area (TPSA) is 29.5 Å². The molecule has 3 nitrogen and oxygen atoms in total. The first-order valence-electron chi connectivity index (χ1n) is 6.03. The van der Waals surface area contributed by atoms with E-state index in [-0.39, 0.29) is 5.78 Å². The molecule has 4 heteroatoms. The zero-order valence-electron chi connectivity index (χ0n) is 11.2. The number of hydrogen-bond acceptors (Lipinski definition) is 3. The number of Topliss-reactive ketones (excluding diaryl/α,β-unsaturated/α-hetero) is 1. The van der Waals surface area contributed by atoms with Crippen LogP contribution in [0.25, 0.3) is 0 Å². The number of carbonyl (C=O) groups excluding carboxylic acids is 1. The third kappa shape index (κ3) is 5.07. The van der Waals surface area contributed by atoms with Crippen molar-refractivity contribution < 1.29 is 9.53 Å². The van der Waals surface area contributed by atoms with Gasteiger partial charge in [0.25, 0.3) is 0 Å². The smallest absolute Gasteiger partial charge is 0.131 e. The first-order valence-corrected chi connectivity index (χ1v) is 6.41. The van der Waals surface area contributed by atoms with E-state index in [0.29, 0.717) is 6.42 Å². The number of halogens is 1. The maximum atomic E-state index is 10.9. The van der Waals surface area contributed by atoms with E-state index >= 15 is 0 Å². The van der Waals surface area contributed by atoms with Crippen molar-refractivity contribution in [1.82, 2.24) is 4.90 Å².